The van der Waals surface area contributed by atoms with E-state index in [4.69, 9.17) is 21.3 Å². The lowest BCUT2D eigenvalue weighted by atomic mass is 9.79. The van der Waals surface area contributed by atoms with Crippen LogP contribution in [0.15, 0.2) is 24.3 Å². The van der Waals surface area contributed by atoms with Crippen LogP contribution >= 0.6 is 22.9 Å². The maximum Gasteiger partial charge on any atom is 0.311 e. The molecule has 3 aromatic rings. The van der Waals surface area contributed by atoms with E-state index in [0.29, 0.717) is 18.8 Å². The molecule has 0 atom stereocenters. The molecule has 0 N–H and O–H groups in total. The third-order valence-electron chi connectivity index (χ3n) is 7.61. The largest absolute Gasteiger partial charge is 0.469 e. The number of likely N-dealkylation sites (tertiary alicyclic amines) is 1. The number of rotatable bonds is 6. The number of carbonyl (C=O) groups excluding carboxylic acids is 2. The average Bonchev–Trinajstić information content (AvgIpc) is 3.44. The number of benzene rings is 1. The number of aromatic nitrogens is 3. The number of hydrogen-bond donors (Lipinski definition) is 0. The summed E-state index contributed by atoms with van der Waals surface area (Å²) in [5.74, 6) is -0.0489. The first-order valence-electron chi connectivity index (χ1n) is 13.9. The van der Waals surface area contributed by atoms with Gasteiger partial charge in [-0.15, -0.1) is 11.3 Å². The lowest BCUT2D eigenvalue weighted by Crippen LogP contribution is -2.40. The lowest BCUT2D eigenvalue weighted by molar-refractivity contribution is -0.139. The highest BCUT2D eigenvalue weighted by Crippen LogP contribution is 2.41. The number of nitrogens with zero attached hydrogens (tertiary/aromatic N) is 4. The van der Waals surface area contributed by atoms with Crippen molar-refractivity contribution < 1.29 is 14.3 Å². The fourth-order valence-electron chi connectivity index (χ4n) is 4.95. The molecule has 0 spiro atoms. The first kappa shape index (κ1) is 30.3. The molecule has 0 radical (unpaired) electrons. The van der Waals surface area contributed by atoms with E-state index in [1.54, 1.807) is 16.0 Å². The third-order valence-corrected chi connectivity index (χ3v) is 9.02. The molecule has 4 rings (SSSR count). The van der Waals surface area contributed by atoms with Crippen LogP contribution in [0.1, 0.15) is 87.8 Å². The molecule has 9 heteroatoms. The van der Waals surface area contributed by atoms with E-state index in [1.807, 2.05) is 17.9 Å². The van der Waals surface area contributed by atoms with Gasteiger partial charge in [-0.3, -0.25) is 14.3 Å². The van der Waals surface area contributed by atoms with Crippen LogP contribution in [0.4, 0.5) is 0 Å². The summed E-state index contributed by atoms with van der Waals surface area (Å²) in [6, 6.07) is 8.59. The molecule has 1 aliphatic rings. The number of amides is 1. The summed E-state index contributed by atoms with van der Waals surface area (Å²) in [5, 5.41) is 5.47. The Balaban J connectivity index is 1.45. The number of ether oxygens (including phenoxy) is 1. The highest BCUT2D eigenvalue weighted by Gasteiger charge is 2.28. The van der Waals surface area contributed by atoms with E-state index in [0.717, 1.165) is 39.1 Å². The zero-order valence-corrected chi connectivity index (χ0v) is 26.5. The molecule has 7 nitrogen and oxygen atoms in total. The van der Waals surface area contributed by atoms with Gasteiger partial charge in [-0.05, 0) is 59.9 Å². The predicted octanol–water partition coefficient (Wildman–Crippen LogP) is 6.69. The summed E-state index contributed by atoms with van der Waals surface area (Å²) in [6.45, 7) is 16.8. The zero-order valence-electron chi connectivity index (χ0n) is 24.9. The number of piperidine rings is 1. The third kappa shape index (κ3) is 6.95. The normalized spacial score (nSPS) is 15.0. The Morgan fingerprint density at radius 2 is 1.62 bits per heavy atom. The Morgan fingerprint density at radius 1 is 1.02 bits per heavy atom. The molecule has 0 bridgehead atoms. The SMILES string of the molecule is COC(=O)Cc1cc(C)n(CC(=O)N2CCC(c3nc(-c4cc(C(C)(C)C)cc(C(C)(C)C)c4)c(Cl)s3)CC2)n1. The maximum atomic E-state index is 13.1. The van der Waals surface area contributed by atoms with Gasteiger partial charge in [0.2, 0.25) is 5.91 Å². The minimum atomic E-state index is -0.347. The molecule has 0 aliphatic carbocycles. The monoisotopic (exact) mass is 584 g/mol. The Bertz CT molecular complexity index is 1360. The molecule has 1 fully saturated rings. The van der Waals surface area contributed by atoms with Crippen LogP contribution in [0, 0.1) is 6.92 Å². The van der Waals surface area contributed by atoms with Gasteiger partial charge in [0.1, 0.15) is 16.6 Å². The molecule has 0 saturated carbocycles. The van der Waals surface area contributed by atoms with Crippen LogP contribution in [0.25, 0.3) is 11.3 Å². The van der Waals surface area contributed by atoms with E-state index in [-0.39, 0.29) is 41.6 Å². The van der Waals surface area contributed by atoms with Crippen LogP contribution in [0.2, 0.25) is 4.34 Å². The van der Waals surface area contributed by atoms with E-state index in [1.165, 1.54) is 18.2 Å². The Kier molecular flexibility index (Phi) is 8.81. The summed E-state index contributed by atoms with van der Waals surface area (Å²) < 4.78 is 7.10. The summed E-state index contributed by atoms with van der Waals surface area (Å²) in [4.78, 5) is 31.6. The fraction of sp³-hybridized carbons (Fsp3) is 0.548. The quantitative estimate of drug-likeness (QED) is 0.302. The minimum absolute atomic E-state index is 0.0122. The molecular formula is C31H41ClN4O3S. The molecule has 1 aliphatic heterocycles. The maximum absolute atomic E-state index is 13.1. The number of halogens is 1. The van der Waals surface area contributed by atoms with Crippen LogP contribution in [0.3, 0.4) is 0 Å². The van der Waals surface area contributed by atoms with Crippen molar-refractivity contribution in [3.63, 3.8) is 0 Å². The first-order valence-corrected chi connectivity index (χ1v) is 15.1. The number of esters is 1. The first-order chi connectivity index (χ1) is 18.7. The van der Waals surface area contributed by atoms with E-state index in [9.17, 15) is 9.59 Å². The lowest BCUT2D eigenvalue weighted by Gasteiger charge is -2.31. The van der Waals surface area contributed by atoms with E-state index < -0.39 is 0 Å². The number of aryl methyl sites for hydroxylation is 1. The standard InChI is InChI=1S/C31H41ClN4O3S/c1-19-13-24(17-26(38)39-8)34-36(19)18-25(37)35-11-9-20(10-12-35)29-33-27(28(32)40-29)21-14-22(30(2,3)4)16-23(15-21)31(5,6)7/h13-16,20H,9-12,17-18H2,1-8H3. The van der Waals surface area contributed by atoms with Gasteiger partial charge in [0, 0.05) is 30.3 Å². The molecule has 40 heavy (non-hydrogen) atoms. The van der Waals surface area contributed by atoms with Gasteiger partial charge in [0.15, 0.2) is 0 Å². The highest BCUT2D eigenvalue weighted by atomic mass is 35.5. The van der Waals surface area contributed by atoms with Crippen molar-refractivity contribution in [1.82, 2.24) is 19.7 Å². The number of hydrogen-bond acceptors (Lipinski definition) is 6. The molecule has 1 saturated heterocycles. The smallest absolute Gasteiger partial charge is 0.311 e. The van der Waals surface area contributed by atoms with Crippen molar-refractivity contribution in [2.45, 2.75) is 91.0 Å². The molecule has 1 amide bonds. The van der Waals surface area contributed by atoms with Gasteiger partial charge in [-0.1, -0.05) is 59.2 Å². The summed E-state index contributed by atoms with van der Waals surface area (Å²) in [5.41, 5.74) is 5.95. The van der Waals surface area contributed by atoms with E-state index in [2.05, 4.69) is 64.8 Å². The van der Waals surface area contributed by atoms with Crippen molar-refractivity contribution in [1.29, 1.82) is 0 Å². The molecule has 2 aromatic heterocycles. The Morgan fingerprint density at radius 3 is 2.17 bits per heavy atom. The summed E-state index contributed by atoms with van der Waals surface area (Å²) in [6.07, 6.45) is 1.78. The molecule has 0 unspecified atom stereocenters. The van der Waals surface area contributed by atoms with Gasteiger partial charge in [-0.2, -0.15) is 5.10 Å². The van der Waals surface area contributed by atoms with Crippen LogP contribution in [-0.4, -0.2) is 51.7 Å². The molecular weight excluding hydrogens is 544 g/mol. The Labute approximate surface area is 246 Å². The molecule has 1 aromatic carbocycles. The van der Waals surface area contributed by atoms with Crippen LogP contribution in [0.5, 0.6) is 0 Å². The molecule has 3 heterocycles. The number of methoxy groups -OCH3 is 1. The summed E-state index contributed by atoms with van der Waals surface area (Å²) in [7, 11) is 1.35. The second-order valence-corrected chi connectivity index (χ2v) is 14.4. The second kappa shape index (κ2) is 11.6. The van der Waals surface area contributed by atoms with Gasteiger partial charge < -0.3 is 9.64 Å². The van der Waals surface area contributed by atoms with Crippen molar-refractivity contribution in [2.75, 3.05) is 20.2 Å². The van der Waals surface area contributed by atoms with Crippen molar-refractivity contribution in [3.05, 3.63) is 56.1 Å². The van der Waals surface area contributed by atoms with Crippen LogP contribution < -0.4 is 0 Å². The highest BCUT2D eigenvalue weighted by molar-refractivity contribution is 7.16. The zero-order chi connectivity index (χ0) is 29.4. The summed E-state index contributed by atoms with van der Waals surface area (Å²) >= 11 is 8.38. The topological polar surface area (TPSA) is 77.3 Å². The van der Waals surface area contributed by atoms with E-state index >= 15 is 0 Å². The molecule has 216 valence electrons. The van der Waals surface area contributed by atoms with Gasteiger partial charge in [0.05, 0.1) is 24.2 Å². The fourth-order valence-corrected chi connectivity index (χ4v) is 6.32. The van der Waals surface area contributed by atoms with Crippen molar-refractivity contribution >= 4 is 34.8 Å². The predicted molar refractivity (Wildman–Crippen MR) is 161 cm³/mol. The van der Waals surface area contributed by atoms with Gasteiger partial charge in [0.25, 0.3) is 0 Å². The van der Waals surface area contributed by atoms with Crippen LogP contribution in [-0.2, 0) is 38.1 Å². The average molecular weight is 585 g/mol. The minimum Gasteiger partial charge on any atom is -0.469 e. The van der Waals surface area contributed by atoms with Crippen molar-refractivity contribution in [2.24, 2.45) is 0 Å². The van der Waals surface area contributed by atoms with Gasteiger partial charge >= 0.3 is 5.97 Å². The number of carbonyl (C=O) groups is 2. The van der Waals surface area contributed by atoms with Gasteiger partial charge in [-0.25, -0.2) is 4.98 Å². The number of thiazole rings is 1. The van der Waals surface area contributed by atoms with Crippen molar-refractivity contribution in [3.8, 4) is 11.3 Å². The Hall–Kier alpha value is -2.71. The second-order valence-electron chi connectivity index (χ2n) is 12.8.